The average molecular weight is 222 g/mol. The molecule has 1 rings (SSSR count). The molecule has 0 heterocycles. The first-order valence-corrected chi connectivity index (χ1v) is 5.69. The summed E-state index contributed by atoms with van der Waals surface area (Å²) in [5.74, 6) is 0. The molecule has 0 amide bonds. The van der Waals surface area contributed by atoms with E-state index in [4.69, 9.17) is 10.8 Å². The normalized spacial score (nSPS) is 12.8. The van der Waals surface area contributed by atoms with Crippen molar-refractivity contribution in [2.75, 3.05) is 13.2 Å². The predicted octanol–water partition coefficient (Wildman–Crippen LogP) is 1.02. The lowest BCUT2D eigenvalue weighted by Gasteiger charge is -2.13. The van der Waals surface area contributed by atoms with Crippen LogP contribution in [0, 0.1) is 20.8 Å². The smallest absolute Gasteiger partial charge is 0.0594 e. The van der Waals surface area contributed by atoms with E-state index in [-0.39, 0.29) is 12.6 Å². The number of aryl methyl sites for hydroxylation is 1. The molecule has 0 spiro atoms. The third-order valence-corrected chi connectivity index (χ3v) is 3.13. The lowest BCUT2D eigenvalue weighted by molar-refractivity contribution is 0.262. The maximum atomic E-state index is 8.80. The van der Waals surface area contributed by atoms with Crippen molar-refractivity contribution in [3.8, 4) is 0 Å². The van der Waals surface area contributed by atoms with Gasteiger partial charge < -0.3 is 16.2 Å². The Morgan fingerprint density at radius 1 is 1.25 bits per heavy atom. The number of nitrogens with two attached hydrogens (primary N) is 1. The molecule has 16 heavy (non-hydrogen) atoms. The van der Waals surface area contributed by atoms with Gasteiger partial charge in [0.1, 0.15) is 0 Å². The second kappa shape index (κ2) is 5.99. The molecule has 0 aliphatic rings. The second-order valence-corrected chi connectivity index (χ2v) is 4.37. The van der Waals surface area contributed by atoms with Gasteiger partial charge in [0.15, 0.2) is 0 Å². The molecule has 0 saturated heterocycles. The number of rotatable bonds is 5. The number of nitrogens with one attached hydrogen (secondary N) is 1. The molecule has 0 fully saturated rings. The maximum absolute atomic E-state index is 8.80. The van der Waals surface area contributed by atoms with Crippen molar-refractivity contribution in [3.05, 3.63) is 34.4 Å². The van der Waals surface area contributed by atoms with E-state index in [1.54, 1.807) is 0 Å². The van der Waals surface area contributed by atoms with Gasteiger partial charge in [-0.25, -0.2) is 0 Å². The molecular formula is C13H22N2O. The molecule has 0 aliphatic heterocycles. The first kappa shape index (κ1) is 13.2. The van der Waals surface area contributed by atoms with E-state index in [0.29, 0.717) is 6.54 Å². The molecule has 1 aromatic carbocycles. The third-order valence-electron chi connectivity index (χ3n) is 3.13. The van der Waals surface area contributed by atoms with E-state index in [0.717, 1.165) is 6.54 Å². The molecule has 1 aromatic rings. The molecule has 0 saturated carbocycles. The summed E-state index contributed by atoms with van der Waals surface area (Å²) in [6, 6.07) is 4.12. The van der Waals surface area contributed by atoms with Crippen LogP contribution in [0.5, 0.6) is 0 Å². The minimum atomic E-state index is -0.174. The topological polar surface area (TPSA) is 58.3 Å². The van der Waals surface area contributed by atoms with E-state index in [1.165, 1.54) is 22.3 Å². The summed E-state index contributed by atoms with van der Waals surface area (Å²) in [6.07, 6.45) is 0. The van der Waals surface area contributed by atoms with Crippen molar-refractivity contribution in [1.29, 1.82) is 0 Å². The fraction of sp³-hybridized carbons (Fsp3) is 0.538. The fourth-order valence-corrected chi connectivity index (χ4v) is 1.66. The third kappa shape index (κ3) is 3.30. The molecule has 1 atom stereocenters. The van der Waals surface area contributed by atoms with Crippen molar-refractivity contribution < 1.29 is 5.11 Å². The number of aliphatic hydroxyl groups excluding tert-OH is 1. The summed E-state index contributed by atoms with van der Waals surface area (Å²) < 4.78 is 0. The monoisotopic (exact) mass is 222 g/mol. The highest BCUT2D eigenvalue weighted by Gasteiger charge is 2.04. The summed E-state index contributed by atoms with van der Waals surface area (Å²) in [5.41, 5.74) is 10.9. The Morgan fingerprint density at radius 3 is 2.56 bits per heavy atom. The van der Waals surface area contributed by atoms with Crippen LogP contribution in [0.1, 0.15) is 22.3 Å². The highest BCUT2D eigenvalue weighted by Crippen LogP contribution is 2.16. The van der Waals surface area contributed by atoms with Gasteiger partial charge in [-0.2, -0.15) is 0 Å². The molecule has 3 heteroatoms. The molecule has 0 radical (unpaired) electrons. The van der Waals surface area contributed by atoms with Gasteiger partial charge in [-0.05, 0) is 43.0 Å². The van der Waals surface area contributed by atoms with Gasteiger partial charge in [0, 0.05) is 19.1 Å². The maximum Gasteiger partial charge on any atom is 0.0594 e. The van der Waals surface area contributed by atoms with Crippen LogP contribution < -0.4 is 11.1 Å². The molecule has 0 aliphatic carbocycles. The minimum Gasteiger partial charge on any atom is -0.395 e. The van der Waals surface area contributed by atoms with Crippen LogP contribution in [0.2, 0.25) is 0 Å². The lowest BCUT2D eigenvalue weighted by Crippen LogP contribution is -2.36. The van der Waals surface area contributed by atoms with Crippen molar-refractivity contribution in [2.24, 2.45) is 5.73 Å². The summed E-state index contributed by atoms with van der Waals surface area (Å²) in [5, 5.41) is 12.1. The second-order valence-electron chi connectivity index (χ2n) is 4.37. The predicted molar refractivity (Wildman–Crippen MR) is 67.4 cm³/mol. The van der Waals surface area contributed by atoms with Gasteiger partial charge in [-0.3, -0.25) is 0 Å². The molecular weight excluding hydrogens is 200 g/mol. The van der Waals surface area contributed by atoms with Crippen molar-refractivity contribution in [3.63, 3.8) is 0 Å². The zero-order valence-corrected chi connectivity index (χ0v) is 10.4. The van der Waals surface area contributed by atoms with Crippen LogP contribution in [0.25, 0.3) is 0 Å². The van der Waals surface area contributed by atoms with Crippen LogP contribution in [0.15, 0.2) is 12.1 Å². The number of hydrogen-bond acceptors (Lipinski definition) is 3. The summed E-state index contributed by atoms with van der Waals surface area (Å²) >= 11 is 0. The molecule has 0 bridgehead atoms. The first-order chi connectivity index (χ1) is 7.56. The van der Waals surface area contributed by atoms with Gasteiger partial charge in [0.2, 0.25) is 0 Å². The fourth-order valence-electron chi connectivity index (χ4n) is 1.66. The van der Waals surface area contributed by atoms with Crippen molar-refractivity contribution in [2.45, 2.75) is 33.4 Å². The molecule has 0 aromatic heterocycles. The largest absolute Gasteiger partial charge is 0.395 e. The van der Waals surface area contributed by atoms with Crippen LogP contribution in [0.3, 0.4) is 0 Å². The average Bonchev–Trinajstić information content (AvgIpc) is 2.29. The Balaban J connectivity index is 2.58. The SMILES string of the molecule is Cc1ccc(CNCC(N)CO)c(C)c1C. The first-order valence-electron chi connectivity index (χ1n) is 5.69. The Hall–Kier alpha value is -0.900. The number of aliphatic hydroxyl groups is 1. The van der Waals surface area contributed by atoms with Gasteiger partial charge in [0.05, 0.1) is 6.61 Å². The van der Waals surface area contributed by atoms with E-state index in [9.17, 15) is 0 Å². The van der Waals surface area contributed by atoms with Crippen LogP contribution in [-0.2, 0) is 6.54 Å². The number of benzene rings is 1. The number of hydrogen-bond donors (Lipinski definition) is 3. The van der Waals surface area contributed by atoms with Crippen molar-refractivity contribution in [1.82, 2.24) is 5.32 Å². The minimum absolute atomic E-state index is 0.0267. The van der Waals surface area contributed by atoms with Gasteiger partial charge in [-0.15, -0.1) is 0 Å². The Labute approximate surface area is 97.7 Å². The van der Waals surface area contributed by atoms with Crippen molar-refractivity contribution >= 4 is 0 Å². The quantitative estimate of drug-likeness (QED) is 0.697. The van der Waals surface area contributed by atoms with E-state index < -0.39 is 0 Å². The zero-order chi connectivity index (χ0) is 12.1. The van der Waals surface area contributed by atoms with Gasteiger partial charge in [0.25, 0.3) is 0 Å². The zero-order valence-electron chi connectivity index (χ0n) is 10.4. The molecule has 1 unspecified atom stereocenters. The summed E-state index contributed by atoms with van der Waals surface area (Å²) in [7, 11) is 0. The van der Waals surface area contributed by atoms with E-state index >= 15 is 0 Å². The van der Waals surface area contributed by atoms with Gasteiger partial charge >= 0.3 is 0 Å². The summed E-state index contributed by atoms with van der Waals surface area (Å²) in [4.78, 5) is 0. The molecule has 90 valence electrons. The highest BCUT2D eigenvalue weighted by molar-refractivity contribution is 5.38. The Kier molecular flexibility index (Phi) is 4.93. The van der Waals surface area contributed by atoms with E-state index in [1.807, 2.05) is 0 Å². The molecule has 4 N–H and O–H groups in total. The van der Waals surface area contributed by atoms with E-state index in [2.05, 4.69) is 38.2 Å². The lowest BCUT2D eigenvalue weighted by atomic mass is 9.99. The highest BCUT2D eigenvalue weighted by atomic mass is 16.3. The Morgan fingerprint density at radius 2 is 1.94 bits per heavy atom. The Bertz CT molecular complexity index is 350. The summed E-state index contributed by atoms with van der Waals surface area (Å²) in [6.45, 7) is 7.89. The van der Waals surface area contributed by atoms with Crippen LogP contribution >= 0.6 is 0 Å². The standard InChI is InChI=1S/C13H22N2O/c1-9-4-5-12(11(3)10(9)2)6-15-7-13(14)8-16/h4-5,13,15-16H,6-8,14H2,1-3H3. The van der Waals surface area contributed by atoms with Gasteiger partial charge in [-0.1, -0.05) is 12.1 Å². The van der Waals surface area contributed by atoms with Crippen LogP contribution in [0.4, 0.5) is 0 Å². The molecule has 3 nitrogen and oxygen atoms in total. The van der Waals surface area contributed by atoms with Crippen LogP contribution in [-0.4, -0.2) is 24.3 Å².